The number of carboxylic acids is 1. The Hall–Kier alpha value is -4.68. The molecule has 0 unspecified atom stereocenters. The van der Waals surface area contributed by atoms with Gasteiger partial charge in [-0.1, -0.05) is 73.7 Å². The fourth-order valence-corrected chi connectivity index (χ4v) is 6.55. The number of ether oxygens (including phenoxy) is 2. The number of aliphatic hydroxyl groups excluding tert-OH is 1. The number of nitrogens with one attached hydrogen (secondary N) is 1. The number of aliphatic carboxylic acids is 1. The summed E-state index contributed by atoms with van der Waals surface area (Å²) in [6.45, 7) is 6.79. The van der Waals surface area contributed by atoms with Crippen molar-refractivity contribution in [1.82, 2.24) is 20.2 Å². The first kappa shape index (κ1) is 35.2. The van der Waals surface area contributed by atoms with E-state index in [1.165, 1.54) is 0 Å². The Morgan fingerprint density at radius 1 is 0.840 bits per heavy atom. The molecule has 3 aromatic carbocycles. The molecule has 1 amide bonds. The van der Waals surface area contributed by atoms with Crippen molar-refractivity contribution in [2.75, 3.05) is 37.6 Å². The van der Waals surface area contributed by atoms with Crippen molar-refractivity contribution in [2.45, 2.75) is 57.8 Å². The maximum Gasteiger partial charge on any atom is 0.303 e. The molecule has 0 bridgehead atoms. The smallest absolute Gasteiger partial charge is 0.303 e. The zero-order valence-electron chi connectivity index (χ0n) is 28.4. The van der Waals surface area contributed by atoms with E-state index in [1.807, 2.05) is 54.6 Å². The average molecular weight is 680 g/mol. The van der Waals surface area contributed by atoms with Crippen molar-refractivity contribution in [1.29, 1.82) is 0 Å². The Morgan fingerprint density at radius 2 is 1.56 bits per heavy atom. The zero-order chi connectivity index (χ0) is 34.9. The number of carboxylic acid groups (broad SMARTS) is 1. The molecule has 0 aliphatic carbocycles. The van der Waals surface area contributed by atoms with Crippen molar-refractivity contribution in [2.24, 2.45) is 5.92 Å². The normalized spacial score (nSPS) is 21.1. The fraction of sp³-hybridized carbons (Fsp3) is 0.385. The van der Waals surface area contributed by atoms with E-state index in [9.17, 15) is 14.7 Å². The molecule has 2 fully saturated rings. The summed E-state index contributed by atoms with van der Waals surface area (Å²) in [7, 11) is 0. The predicted octanol–water partition coefficient (Wildman–Crippen LogP) is 5.12. The minimum Gasteiger partial charge on any atom is -0.481 e. The highest BCUT2D eigenvalue weighted by Crippen LogP contribution is 2.42. The Morgan fingerprint density at radius 3 is 2.26 bits per heavy atom. The lowest BCUT2D eigenvalue weighted by atomic mass is 9.89. The molecular weight excluding hydrogens is 634 g/mol. The second kappa shape index (κ2) is 16.8. The Labute approximate surface area is 292 Å². The van der Waals surface area contributed by atoms with E-state index >= 15 is 0 Å². The van der Waals surface area contributed by atoms with Crippen molar-refractivity contribution in [3.05, 3.63) is 114 Å². The quantitative estimate of drug-likeness (QED) is 0.175. The molecule has 3 N–H and O–H groups in total. The highest BCUT2D eigenvalue weighted by atomic mass is 16.7. The number of benzene rings is 3. The first-order valence-corrected chi connectivity index (χ1v) is 17.3. The number of nitrogens with zero attached hydrogens (tertiary/aromatic N) is 4. The number of amides is 1. The number of hydrogen-bond donors (Lipinski definition) is 3. The number of aromatic nitrogens is 2. The van der Waals surface area contributed by atoms with E-state index in [0.717, 1.165) is 72.1 Å². The molecule has 11 heteroatoms. The SMILES string of the molecule is C[C@@H]1[C@H](CN2CCN(c3ncccn3)CC2)O[C@H](c2ccc(-c3cccc(CNC(=O)CCCC(=O)O)c3)cc2)O[C@@H]1c1ccc(CO)cc1. The molecule has 262 valence electrons. The molecule has 2 aliphatic heterocycles. The fourth-order valence-electron chi connectivity index (χ4n) is 6.55. The van der Waals surface area contributed by atoms with Crippen LogP contribution in [0.5, 0.6) is 0 Å². The van der Waals surface area contributed by atoms with E-state index < -0.39 is 12.3 Å². The van der Waals surface area contributed by atoms with E-state index in [1.54, 1.807) is 12.4 Å². The third-order valence-electron chi connectivity index (χ3n) is 9.50. The Balaban J connectivity index is 1.13. The first-order chi connectivity index (χ1) is 24.4. The van der Waals surface area contributed by atoms with Gasteiger partial charge in [-0.2, -0.15) is 0 Å². The Kier molecular flexibility index (Phi) is 11.8. The van der Waals surface area contributed by atoms with Gasteiger partial charge in [0.1, 0.15) is 0 Å². The van der Waals surface area contributed by atoms with Gasteiger partial charge in [0.05, 0.1) is 18.8 Å². The molecule has 4 aromatic rings. The number of hydrogen-bond acceptors (Lipinski definition) is 9. The highest BCUT2D eigenvalue weighted by Gasteiger charge is 2.39. The molecule has 6 rings (SSSR count). The molecule has 50 heavy (non-hydrogen) atoms. The van der Waals surface area contributed by atoms with Gasteiger partial charge in [0.2, 0.25) is 11.9 Å². The van der Waals surface area contributed by atoms with Gasteiger partial charge in [0.25, 0.3) is 0 Å². The Bertz CT molecular complexity index is 1700. The topological polar surface area (TPSA) is 137 Å². The molecule has 0 spiro atoms. The van der Waals surface area contributed by atoms with Gasteiger partial charge < -0.3 is 29.9 Å². The minimum atomic E-state index is -0.898. The van der Waals surface area contributed by atoms with Crippen LogP contribution in [0.2, 0.25) is 0 Å². The number of rotatable bonds is 13. The molecular formula is C39H45N5O6. The number of piperazine rings is 1. The number of anilines is 1. The van der Waals surface area contributed by atoms with Crippen LogP contribution >= 0.6 is 0 Å². The largest absolute Gasteiger partial charge is 0.481 e. The van der Waals surface area contributed by atoms with E-state index in [2.05, 4.69) is 56.3 Å². The molecule has 11 nitrogen and oxygen atoms in total. The summed E-state index contributed by atoms with van der Waals surface area (Å²) >= 11 is 0. The van der Waals surface area contributed by atoms with Crippen LogP contribution in [0, 0.1) is 5.92 Å². The van der Waals surface area contributed by atoms with Gasteiger partial charge in [-0.05, 0) is 46.4 Å². The van der Waals surface area contributed by atoms with Crippen molar-refractivity contribution < 1.29 is 29.3 Å². The molecule has 0 radical (unpaired) electrons. The second-order valence-corrected chi connectivity index (χ2v) is 13.0. The maximum atomic E-state index is 12.2. The number of carbonyl (C=O) groups excluding carboxylic acids is 1. The second-order valence-electron chi connectivity index (χ2n) is 13.0. The molecule has 2 aliphatic rings. The number of carbonyl (C=O) groups is 2. The maximum absolute atomic E-state index is 12.2. The summed E-state index contributed by atoms with van der Waals surface area (Å²) in [6, 6.07) is 26.1. The molecule has 3 heterocycles. The van der Waals surface area contributed by atoms with Crippen LogP contribution in [0.25, 0.3) is 11.1 Å². The first-order valence-electron chi connectivity index (χ1n) is 17.3. The summed E-state index contributed by atoms with van der Waals surface area (Å²) < 4.78 is 13.4. The molecule has 0 saturated carbocycles. The van der Waals surface area contributed by atoms with Gasteiger partial charge in [0.15, 0.2) is 6.29 Å². The summed E-state index contributed by atoms with van der Waals surface area (Å²) in [4.78, 5) is 36.4. The average Bonchev–Trinajstić information content (AvgIpc) is 3.15. The minimum absolute atomic E-state index is 0.00575. The summed E-state index contributed by atoms with van der Waals surface area (Å²) in [5.74, 6) is -0.208. The van der Waals surface area contributed by atoms with Gasteiger partial charge in [0, 0.05) is 76.0 Å². The summed E-state index contributed by atoms with van der Waals surface area (Å²) in [5, 5.41) is 21.3. The predicted molar refractivity (Wildman–Crippen MR) is 189 cm³/mol. The van der Waals surface area contributed by atoms with E-state index in [0.29, 0.717) is 13.0 Å². The van der Waals surface area contributed by atoms with Gasteiger partial charge in [-0.25, -0.2) is 9.97 Å². The lowest BCUT2D eigenvalue weighted by molar-refractivity contribution is -0.276. The van der Waals surface area contributed by atoms with Crippen LogP contribution in [0.1, 0.15) is 60.8 Å². The standard InChI is InChI=1S/C39H45N5O6/c1-27-34(25-43-19-21-44(22-20-43)39-40-17-4-18-41-39)49-38(50-37(27)31-11-9-28(26-45)10-12-31)32-15-13-30(14-16-32)33-6-2-5-29(23-33)24-42-35(46)7-3-8-36(47)48/h2,4-6,9-18,23,27,34,37-38,45H,3,7-8,19-22,24-26H2,1H3,(H,42,46)(H,47,48)/t27-,34+,37+,38+/m1/s1. The number of aliphatic hydroxyl groups is 1. The lowest BCUT2D eigenvalue weighted by Gasteiger charge is -2.44. The van der Waals surface area contributed by atoms with Crippen LogP contribution in [0.15, 0.2) is 91.3 Å². The van der Waals surface area contributed by atoms with E-state index in [4.69, 9.17) is 14.6 Å². The third-order valence-corrected chi connectivity index (χ3v) is 9.50. The van der Waals surface area contributed by atoms with Crippen LogP contribution in [-0.4, -0.2) is 75.8 Å². The highest BCUT2D eigenvalue weighted by molar-refractivity contribution is 5.76. The molecule has 4 atom stereocenters. The summed E-state index contributed by atoms with van der Waals surface area (Å²) in [6.07, 6.45) is 3.22. The van der Waals surface area contributed by atoms with Gasteiger partial charge in [-0.15, -0.1) is 0 Å². The van der Waals surface area contributed by atoms with Crippen molar-refractivity contribution in [3.63, 3.8) is 0 Å². The van der Waals surface area contributed by atoms with Crippen LogP contribution < -0.4 is 10.2 Å². The van der Waals surface area contributed by atoms with Crippen LogP contribution in [-0.2, 0) is 32.2 Å². The monoisotopic (exact) mass is 679 g/mol. The summed E-state index contributed by atoms with van der Waals surface area (Å²) in [5.41, 5.74) is 5.86. The van der Waals surface area contributed by atoms with Gasteiger partial charge >= 0.3 is 5.97 Å². The van der Waals surface area contributed by atoms with Crippen LogP contribution in [0.3, 0.4) is 0 Å². The van der Waals surface area contributed by atoms with Crippen molar-refractivity contribution >= 4 is 17.8 Å². The third kappa shape index (κ3) is 9.10. The van der Waals surface area contributed by atoms with E-state index in [-0.39, 0.29) is 43.5 Å². The molecule has 1 aromatic heterocycles. The lowest BCUT2D eigenvalue weighted by Crippen LogP contribution is -2.51. The van der Waals surface area contributed by atoms with Crippen molar-refractivity contribution in [3.8, 4) is 11.1 Å². The van der Waals surface area contributed by atoms with Gasteiger partial charge in [-0.3, -0.25) is 14.5 Å². The zero-order valence-corrected chi connectivity index (χ0v) is 28.4. The molecule has 2 saturated heterocycles. The van der Waals surface area contributed by atoms with Crippen LogP contribution in [0.4, 0.5) is 5.95 Å².